The number of nitrogens with one attached hydrogen (secondary N) is 5. The van der Waals surface area contributed by atoms with Crippen molar-refractivity contribution in [1.29, 1.82) is 0 Å². The maximum absolute atomic E-state index is 12.3. The molecule has 21 heteroatoms. The molecule has 1 unspecified atom stereocenters. The maximum atomic E-state index is 12.3. The summed E-state index contributed by atoms with van der Waals surface area (Å²) < 4.78 is 21.1. The molecule has 61 heavy (non-hydrogen) atoms. The van der Waals surface area contributed by atoms with Crippen LogP contribution < -0.4 is 26.6 Å². The van der Waals surface area contributed by atoms with Crippen molar-refractivity contribution in [3.05, 3.63) is 0 Å². The van der Waals surface area contributed by atoms with Crippen LogP contribution in [0.3, 0.4) is 0 Å². The number of ether oxygens (including phenoxy) is 4. The van der Waals surface area contributed by atoms with Crippen LogP contribution in [0.4, 0.5) is 0 Å². The Morgan fingerprint density at radius 1 is 0.426 bits per heavy atom. The minimum atomic E-state index is -1.29. The Morgan fingerprint density at radius 3 is 1.31 bits per heavy atom. The normalized spacial score (nSPS) is 11.8. The zero-order chi connectivity index (χ0) is 45.4. The molecule has 0 radical (unpaired) electrons. The van der Waals surface area contributed by atoms with Gasteiger partial charge in [0.25, 0.3) is 0 Å². The third-order valence-electron chi connectivity index (χ3n) is 8.80. The van der Waals surface area contributed by atoms with Gasteiger partial charge in [0.1, 0.15) is 31.6 Å². The van der Waals surface area contributed by atoms with Crippen molar-refractivity contribution in [2.45, 2.75) is 128 Å². The first kappa shape index (κ1) is 56.3. The van der Waals surface area contributed by atoms with E-state index in [1.807, 2.05) is 0 Å². The van der Waals surface area contributed by atoms with Crippen LogP contribution >= 0.6 is 0 Å². The second-order valence-electron chi connectivity index (χ2n) is 14.1. The number of carboxylic acid groups (broad SMARTS) is 3. The highest BCUT2D eigenvalue weighted by Gasteiger charge is 2.22. The lowest BCUT2D eigenvalue weighted by Gasteiger charge is -2.14. The number of aldehydes is 1. The first-order valence-electron chi connectivity index (χ1n) is 21.2. The van der Waals surface area contributed by atoms with Crippen LogP contribution in [0.2, 0.25) is 0 Å². The van der Waals surface area contributed by atoms with Gasteiger partial charge in [-0.1, -0.05) is 51.4 Å². The van der Waals surface area contributed by atoms with Crippen molar-refractivity contribution in [3.63, 3.8) is 0 Å². The number of aliphatic carboxylic acids is 3. The van der Waals surface area contributed by atoms with E-state index in [1.54, 1.807) is 0 Å². The van der Waals surface area contributed by atoms with Gasteiger partial charge in [-0.05, 0) is 32.1 Å². The highest BCUT2D eigenvalue weighted by molar-refractivity contribution is 5.85. The Hall–Kier alpha value is -4.73. The smallest absolute Gasteiger partial charge is 0.326 e. The van der Waals surface area contributed by atoms with Crippen LogP contribution in [0.25, 0.3) is 0 Å². The van der Waals surface area contributed by atoms with E-state index in [0.29, 0.717) is 25.8 Å². The van der Waals surface area contributed by atoms with Crippen molar-refractivity contribution >= 4 is 53.7 Å². The van der Waals surface area contributed by atoms with Gasteiger partial charge < -0.3 is 65.6 Å². The van der Waals surface area contributed by atoms with Gasteiger partial charge in [0.2, 0.25) is 29.5 Å². The van der Waals surface area contributed by atoms with E-state index in [4.69, 9.17) is 24.1 Å². The molecule has 5 amide bonds. The van der Waals surface area contributed by atoms with Gasteiger partial charge in [0.15, 0.2) is 0 Å². The molecule has 0 fully saturated rings. The highest BCUT2D eigenvalue weighted by atomic mass is 16.5. The molecule has 0 aliphatic heterocycles. The zero-order valence-corrected chi connectivity index (χ0v) is 35.4. The topological polar surface area (TPSA) is 311 Å². The van der Waals surface area contributed by atoms with Crippen molar-refractivity contribution in [2.75, 3.05) is 72.5 Å². The molecule has 0 aliphatic carbocycles. The molecule has 0 heterocycles. The highest BCUT2D eigenvalue weighted by Crippen LogP contribution is 2.12. The summed E-state index contributed by atoms with van der Waals surface area (Å²) in [5, 5.41) is 40.0. The summed E-state index contributed by atoms with van der Waals surface area (Å²) in [6.45, 7) is 0.761. The van der Waals surface area contributed by atoms with Gasteiger partial charge in [-0.25, -0.2) is 9.59 Å². The zero-order valence-electron chi connectivity index (χ0n) is 35.4. The van der Waals surface area contributed by atoms with Crippen LogP contribution in [0, 0.1) is 0 Å². The van der Waals surface area contributed by atoms with E-state index in [9.17, 15) is 53.4 Å². The first-order chi connectivity index (χ1) is 29.3. The quantitative estimate of drug-likeness (QED) is 0.0311. The van der Waals surface area contributed by atoms with Crippen LogP contribution in [-0.4, -0.2) is 154 Å². The Labute approximate surface area is 357 Å². The number of amides is 5. The molecule has 0 saturated carbocycles. The number of hydrogen-bond donors (Lipinski definition) is 8. The first-order valence-corrected chi connectivity index (χ1v) is 21.2. The standard InChI is InChI=1S/C40H69N5O16/c46-22-12-11-19-41-33(47)17-16-32(40(56)57)45-37(51)30-61-28-26-59-24-21-43-36(50)29-60-27-25-58-23-20-42-34(48)18-15-31(39(54)55)44-35(49)13-9-7-5-3-1-2-4-6-8-10-14-38(52)53/h22,31-32H,1-21,23-30H2,(H,41,47)(H,42,48)(H,43,50)(H,44,49)(H,45,51)(H,52,53)(H,54,55)(H,56,57)/t31?,32-/m0/s1. The van der Waals surface area contributed by atoms with Crippen molar-refractivity contribution in [3.8, 4) is 0 Å². The molecule has 350 valence electrons. The van der Waals surface area contributed by atoms with E-state index in [1.165, 1.54) is 0 Å². The minimum Gasteiger partial charge on any atom is -0.481 e. The maximum Gasteiger partial charge on any atom is 0.326 e. The van der Waals surface area contributed by atoms with E-state index in [2.05, 4.69) is 26.6 Å². The predicted octanol–water partition coefficient (Wildman–Crippen LogP) is 0.846. The minimum absolute atomic E-state index is 0.0333. The van der Waals surface area contributed by atoms with E-state index < -0.39 is 42.5 Å². The molecule has 0 aliphatic rings. The Kier molecular flexibility index (Phi) is 36.4. The van der Waals surface area contributed by atoms with E-state index in [-0.39, 0.29) is 121 Å². The third kappa shape index (κ3) is 38.0. The number of rotatable bonds is 43. The molecule has 21 nitrogen and oxygen atoms in total. The largest absolute Gasteiger partial charge is 0.481 e. The van der Waals surface area contributed by atoms with Gasteiger partial charge in [0, 0.05) is 51.7 Å². The molecule has 0 aromatic rings. The molecule has 0 spiro atoms. The van der Waals surface area contributed by atoms with Crippen LogP contribution in [-0.2, 0) is 62.1 Å². The summed E-state index contributed by atoms with van der Waals surface area (Å²) in [5.41, 5.74) is 0. The lowest BCUT2D eigenvalue weighted by atomic mass is 10.0. The van der Waals surface area contributed by atoms with Gasteiger partial charge in [0.05, 0.1) is 39.6 Å². The number of unbranched alkanes of at least 4 members (excludes halogenated alkanes) is 10. The van der Waals surface area contributed by atoms with Crippen LogP contribution in [0.15, 0.2) is 0 Å². The van der Waals surface area contributed by atoms with Gasteiger partial charge in [-0.2, -0.15) is 0 Å². The van der Waals surface area contributed by atoms with Crippen LogP contribution in [0.5, 0.6) is 0 Å². The molecule has 0 bridgehead atoms. The summed E-state index contributed by atoms with van der Waals surface area (Å²) in [4.78, 5) is 104. The average molecular weight is 876 g/mol. The Bertz CT molecular complexity index is 1290. The molecule has 0 aromatic carbocycles. The lowest BCUT2D eigenvalue weighted by Crippen LogP contribution is -2.43. The number of hydrogen-bond acceptors (Lipinski definition) is 13. The summed E-state index contributed by atoms with van der Waals surface area (Å²) in [7, 11) is 0. The molecule has 0 saturated heterocycles. The third-order valence-corrected chi connectivity index (χ3v) is 8.80. The second kappa shape index (κ2) is 39.4. The molecule has 0 aromatic heterocycles. The fourth-order valence-corrected chi connectivity index (χ4v) is 5.48. The van der Waals surface area contributed by atoms with Crippen molar-refractivity contribution < 1.29 is 77.4 Å². The van der Waals surface area contributed by atoms with Crippen molar-refractivity contribution in [1.82, 2.24) is 26.6 Å². The molecule has 0 rings (SSSR count). The molecule has 8 N–H and O–H groups in total. The predicted molar refractivity (Wildman–Crippen MR) is 218 cm³/mol. The lowest BCUT2D eigenvalue weighted by molar-refractivity contribution is -0.143. The summed E-state index contributed by atoms with van der Waals surface area (Å²) in [5.74, 6) is -5.45. The van der Waals surface area contributed by atoms with Gasteiger partial charge >= 0.3 is 17.9 Å². The Balaban J connectivity index is 3.79. The summed E-state index contributed by atoms with van der Waals surface area (Å²) in [6, 6.07) is -2.44. The molecular formula is C40H69N5O16. The molecule has 2 atom stereocenters. The van der Waals surface area contributed by atoms with Crippen molar-refractivity contribution in [2.24, 2.45) is 0 Å². The summed E-state index contributed by atoms with van der Waals surface area (Å²) in [6.07, 6.45) is 11.1. The molecular weight excluding hydrogens is 806 g/mol. The fraction of sp³-hybridized carbons (Fsp3) is 0.775. The van der Waals surface area contributed by atoms with E-state index in [0.717, 1.165) is 64.1 Å². The van der Waals surface area contributed by atoms with Gasteiger partial charge in [-0.15, -0.1) is 0 Å². The Morgan fingerprint density at radius 2 is 0.836 bits per heavy atom. The van der Waals surface area contributed by atoms with E-state index >= 15 is 0 Å². The van der Waals surface area contributed by atoms with Gasteiger partial charge in [-0.3, -0.25) is 28.8 Å². The SMILES string of the molecule is O=CCCCNC(=O)CC[C@H](NC(=O)COCCOCCNC(=O)COCCOCCNC(=O)CCC(NC(=O)CCCCCCCCCCCCC(=O)O)C(=O)O)C(=O)O. The summed E-state index contributed by atoms with van der Waals surface area (Å²) >= 11 is 0. The monoisotopic (exact) mass is 875 g/mol. The fourth-order valence-electron chi connectivity index (χ4n) is 5.48. The number of carbonyl (C=O) groups is 9. The average Bonchev–Trinajstić information content (AvgIpc) is 3.21. The number of carboxylic acids is 3. The number of carbonyl (C=O) groups excluding carboxylic acids is 6. The second-order valence-corrected chi connectivity index (χ2v) is 14.1. The van der Waals surface area contributed by atoms with Crippen LogP contribution in [0.1, 0.15) is 116 Å².